The van der Waals surface area contributed by atoms with Crippen LogP contribution in [0, 0.1) is 13.8 Å². The summed E-state index contributed by atoms with van der Waals surface area (Å²) >= 11 is 0. The molecule has 13 heavy (non-hydrogen) atoms. The van der Waals surface area contributed by atoms with Crippen LogP contribution in [0.4, 0.5) is 0 Å². The van der Waals surface area contributed by atoms with E-state index in [1.165, 1.54) is 0 Å². The molecule has 0 atom stereocenters. The molecule has 3 nitrogen and oxygen atoms in total. The highest BCUT2D eigenvalue weighted by Gasteiger charge is 2.14. The highest BCUT2D eigenvalue weighted by molar-refractivity contribution is 14.0. The first-order valence-corrected chi connectivity index (χ1v) is 4.90. The number of benzene rings is 1. The quantitative estimate of drug-likeness (QED) is 0.638. The summed E-state index contributed by atoms with van der Waals surface area (Å²) in [5, 5.41) is 0. The van der Waals surface area contributed by atoms with Crippen molar-refractivity contribution in [1.82, 2.24) is 0 Å². The van der Waals surface area contributed by atoms with E-state index < -0.39 is 10.1 Å². The molecule has 0 unspecified atom stereocenters. The van der Waals surface area contributed by atoms with Gasteiger partial charge in [-0.3, -0.25) is 4.55 Å². The number of hydrogen-bond acceptors (Lipinski definition) is 2. The van der Waals surface area contributed by atoms with Gasteiger partial charge in [-0.1, -0.05) is 18.2 Å². The van der Waals surface area contributed by atoms with Crippen LogP contribution in [-0.4, -0.2) is 13.0 Å². The van der Waals surface area contributed by atoms with E-state index >= 15 is 0 Å². The van der Waals surface area contributed by atoms with Gasteiger partial charge in [0.1, 0.15) is 0 Å². The molecule has 0 saturated heterocycles. The minimum Gasteiger partial charge on any atom is -0.282 e. The van der Waals surface area contributed by atoms with Crippen LogP contribution in [0.1, 0.15) is 11.1 Å². The Balaban J connectivity index is 0.00000144. The zero-order valence-corrected chi connectivity index (χ0v) is 10.5. The molecule has 5 heteroatoms. The van der Waals surface area contributed by atoms with Crippen LogP contribution >= 0.6 is 24.0 Å². The first-order chi connectivity index (χ1) is 5.43. The van der Waals surface area contributed by atoms with Gasteiger partial charge < -0.3 is 0 Å². The van der Waals surface area contributed by atoms with Gasteiger partial charge in [0.25, 0.3) is 10.1 Å². The van der Waals surface area contributed by atoms with E-state index in [9.17, 15) is 8.42 Å². The summed E-state index contributed by atoms with van der Waals surface area (Å²) in [5.41, 5.74) is 1.13. The lowest BCUT2D eigenvalue weighted by Gasteiger charge is -2.04. The van der Waals surface area contributed by atoms with Gasteiger partial charge in [-0.2, -0.15) is 8.42 Å². The zero-order valence-electron chi connectivity index (χ0n) is 7.31. The van der Waals surface area contributed by atoms with E-state index in [0.29, 0.717) is 11.1 Å². The molecule has 0 aliphatic heterocycles. The summed E-state index contributed by atoms with van der Waals surface area (Å²) in [7, 11) is -4.06. The van der Waals surface area contributed by atoms with Crippen molar-refractivity contribution in [1.29, 1.82) is 0 Å². The van der Waals surface area contributed by atoms with Crippen LogP contribution in [-0.2, 0) is 10.1 Å². The Morgan fingerprint density at radius 1 is 1.15 bits per heavy atom. The van der Waals surface area contributed by atoms with Crippen molar-refractivity contribution in [2.45, 2.75) is 18.7 Å². The van der Waals surface area contributed by atoms with E-state index in [-0.39, 0.29) is 28.9 Å². The fourth-order valence-corrected chi connectivity index (χ4v) is 2.16. The molecule has 1 aromatic rings. The van der Waals surface area contributed by atoms with Gasteiger partial charge in [-0.15, -0.1) is 24.0 Å². The highest BCUT2D eigenvalue weighted by atomic mass is 127. The third-order valence-electron chi connectivity index (χ3n) is 1.67. The van der Waals surface area contributed by atoms with Gasteiger partial charge in [-0.25, -0.2) is 0 Å². The molecular weight excluding hydrogens is 303 g/mol. The molecule has 0 aromatic heterocycles. The molecule has 1 rings (SSSR count). The molecule has 74 valence electrons. The standard InChI is InChI=1S/C8H10O3S.HI/c1-6-4-3-5-7(2)8(6)12(9,10)11;/h3-5H,1-2H3,(H,9,10,11);1H. The molecule has 0 saturated carbocycles. The van der Waals surface area contributed by atoms with Crippen LogP contribution in [0.3, 0.4) is 0 Å². The maximum atomic E-state index is 10.8. The first-order valence-electron chi connectivity index (χ1n) is 3.46. The second-order valence-electron chi connectivity index (χ2n) is 2.70. The molecule has 0 spiro atoms. The zero-order chi connectivity index (χ0) is 9.35. The molecule has 0 amide bonds. The van der Waals surface area contributed by atoms with Gasteiger partial charge in [0.05, 0.1) is 4.90 Å². The van der Waals surface area contributed by atoms with Crippen molar-refractivity contribution in [2.24, 2.45) is 0 Å². The maximum Gasteiger partial charge on any atom is 0.295 e. The molecule has 0 aliphatic rings. The monoisotopic (exact) mass is 314 g/mol. The molecule has 0 heterocycles. The van der Waals surface area contributed by atoms with Crippen LogP contribution in [0.5, 0.6) is 0 Å². The van der Waals surface area contributed by atoms with Crippen LogP contribution < -0.4 is 0 Å². The summed E-state index contributed by atoms with van der Waals surface area (Å²) in [5.74, 6) is 0. The van der Waals surface area contributed by atoms with Crippen molar-refractivity contribution >= 4 is 34.1 Å². The van der Waals surface area contributed by atoms with E-state index in [2.05, 4.69) is 0 Å². The average molecular weight is 314 g/mol. The van der Waals surface area contributed by atoms with Gasteiger partial charge in [0, 0.05) is 0 Å². The predicted molar refractivity (Wildman–Crippen MR) is 61.1 cm³/mol. The lowest BCUT2D eigenvalue weighted by molar-refractivity contribution is 0.482. The van der Waals surface area contributed by atoms with Gasteiger partial charge >= 0.3 is 0 Å². The topological polar surface area (TPSA) is 54.4 Å². The summed E-state index contributed by atoms with van der Waals surface area (Å²) < 4.78 is 30.5. The second kappa shape index (κ2) is 4.39. The molecule has 0 radical (unpaired) electrons. The normalized spacial score (nSPS) is 10.7. The summed E-state index contributed by atoms with van der Waals surface area (Å²) in [4.78, 5) is 0.0185. The van der Waals surface area contributed by atoms with Crippen molar-refractivity contribution in [3.05, 3.63) is 29.3 Å². The van der Waals surface area contributed by atoms with E-state index in [1.54, 1.807) is 32.0 Å². The molecule has 1 N–H and O–H groups in total. The smallest absolute Gasteiger partial charge is 0.282 e. The fourth-order valence-electron chi connectivity index (χ4n) is 1.21. The third kappa shape index (κ3) is 2.92. The Morgan fingerprint density at radius 3 is 1.77 bits per heavy atom. The third-order valence-corrected chi connectivity index (χ3v) is 2.83. The minimum absolute atomic E-state index is 0. The SMILES string of the molecule is Cc1cccc(C)c1S(=O)(=O)O.I. The van der Waals surface area contributed by atoms with Crippen molar-refractivity contribution in [3.63, 3.8) is 0 Å². The first kappa shape index (κ1) is 12.9. The lowest BCUT2D eigenvalue weighted by Crippen LogP contribution is -2.03. The Labute approximate surface area is 94.9 Å². The molecule has 0 bridgehead atoms. The van der Waals surface area contributed by atoms with Crippen LogP contribution in [0.25, 0.3) is 0 Å². The van der Waals surface area contributed by atoms with Crippen molar-refractivity contribution in [3.8, 4) is 0 Å². The summed E-state index contributed by atoms with van der Waals surface area (Å²) in [6.07, 6.45) is 0. The molecule has 1 aromatic carbocycles. The maximum absolute atomic E-state index is 10.8. The minimum atomic E-state index is -4.06. The number of halogens is 1. The van der Waals surface area contributed by atoms with E-state index in [1.807, 2.05) is 0 Å². The Morgan fingerprint density at radius 2 is 1.54 bits per heavy atom. The Bertz CT molecular complexity index is 378. The second-order valence-corrected chi connectivity index (χ2v) is 4.05. The van der Waals surface area contributed by atoms with E-state index in [4.69, 9.17) is 4.55 Å². The average Bonchev–Trinajstić information content (AvgIpc) is 1.82. The van der Waals surface area contributed by atoms with Crippen LogP contribution in [0.2, 0.25) is 0 Å². The van der Waals surface area contributed by atoms with Crippen molar-refractivity contribution < 1.29 is 13.0 Å². The molecular formula is C8H11IO3S. The van der Waals surface area contributed by atoms with Crippen LogP contribution in [0.15, 0.2) is 23.1 Å². The fraction of sp³-hybridized carbons (Fsp3) is 0.250. The lowest BCUT2D eigenvalue weighted by atomic mass is 10.2. The Kier molecular flexibility index (Phi) is 4.34. The largest absolute Gasteiger partial charge is 0.295 e. The highest BCUT2D eigenvalue weighted by Crippen LogP contribution is 2.18. The number of aryl methyl sites for hydroxylation is 2. The number of hydrogen-bond donors (Lipinski definition) is 1. The summed E-state index contributed by atoms with van der Waals surface area (Å²) in [6.45, 7) is 3.30. The number of rotatable bonds is 1. The Hall–Kier alpha value is -0.140. The van der Waals surface area contributed by atoms with E-state index in [0.717, 1.165) is 0 Å². The molecule has 0 fully saturated rings. The van der Waals surface area contributed by atoms with Gasteiger partial charge in [0.15, 0.2) is 0 Å². The van der Waals surface area contributed by atoms with Gasteiger partial charge in [-0.05, 0) is 25.0 Å². The van der Waals surface area contributed by atoms with Gasteiger partial charge in [0.2, 0.25) is 0 Å². The van der Waals surface area contributed by atoms with Crippen molar-refractivity contribution in [2.75, 3.05) is 0 Å². The summed E-state index contributed by atoms with van der Waals surface area (Å²) in [6, 6.07) is 5.05. The molecule has 0 aliphatic carbocycles. The predicted octanol–water partition coefficient (Wildman–Crippen LogP) is 2.17.